The molecule has 5 nitrogen and oxygen atoms in total. The molecule has 0 saturated heterocycles. The van der Waals surface area contributed by atoms with Crippen molar-refractivity contribution >= 4 is 11.9 Å². The van der Waals surface area contributed by atoms with Crippen LogP contribution in [0.3, 0.4) is 0 Å². The predicted octanol–water partition coefficient (Wildman–Crippen LogP) is 2.02. The second-order valence-corrected chi connectivity index (χ2v) is 4.40. The zero-order valence-corrected chi connectivity index (χ0v) is 11.7. The Morgan fingerprint density at radius 1 is 1.45 bits per heavy atom. The van der Waals surface area contributed by atoms with Gasteiger partial charge in [-0.3, -0.25) is 9.59 Å². The first kappa shape index (κ1) is 15.9. The van der Waals surface area contributed by atoms with E-state index in [4.69, 9.17) is 9.84 Å². The van der Waals surface area contributed by atoms with Gasteiger partial charge < -0.3 is 14.7 Å². The SMILES string of the molecule is CCN(CC(C)C(=O)O)C(=O)c1c(F)cccc1OC. The molecule has 0 aliphatic carbocycles. The molecule has 0 bridgehead atoms. The Balaban J connectivity index is 3.06. The third kappa shape index (κ3) is 3.46. The molecule has 0 radical (unpaired) electrons. The van der Waals surface area contributed by atoms with Crippen LogP contribution in [0.15, 0.2) is 18.2 Å². The van der Waals surface area contributed by atoms with Gasteiger partial charge >= 0.3 is 5.97 Å². The van der Waals surface area contributed by atoms with E-state index in [0.717, 1.165) is 0 Å². The fourth-order valence-corrected chi connectivity index (χ4v) is 1.80. The van der Waals surface area contributed by atoms with E-state index in [1.165, 1.54) is 37.1 Å². The van der Waals surface area contributed by atoms with E-state index >= 15 is 0 Å². The number of amides is 1. The number of hydrogen-bond donors (Lipinski definition) is 1. The maximum Gasteiger partial charge on any atom is 0.308 e. The number of carboxylic acids is 1. The van der Waals surface area contributed by atoms with Crippen molar-refractivity contribution in [2.24, 2.45) is 5.92 Å². The van der Waals surface area contributed by atoms with E-state index < -0.39 is 23.6 Å². The van der Waals surface area contributed by atoms with Crippen LogP contribution in [0.1, 0.15) is 24.2 Å². The standard InChI is InChI=1S/C14H18FNO4/c1-4-16(8-9(2)14(18)19)13(17)12-10(15)6-5-7-11(12)20-3/h5-7,9H,4,8H2,1-3H3,(H,18,19). The molecule has 20 heavy (non-hydrogen) atoms. The molecule has 1 unspecified atom stereocenters. The van der Waals surface area contributed by atoms with Crippen LogP contribution < -0.4 is 4.74 Å². The lowest BCUT2D eigenvalue weighted by atomic mass is 10.1. The van der Waals surface area contributed by atoms with Crippen molar-refractivity contribution in [3.05, 3.63) is 29.6 Å². The number of benzene rings is 1. The summed E-state index contributed by atoms with van der Waals surface area (Å²) in [4.78, 5) is 24.5. The Bertz CT molecular complexity index is 504. The second kappa shape index (κ2) is 6.88. The van der Waals surface area contributed by atoms with Crippen molar-refractivity contribution in [3.8, 4) is 5.75 Å². The van der Waals surface area contributed by atoms with Crippen LogP contribution in [0.4, 0.5) is 4.39 Å². The van der Waals surface area contributed by atoms with Gasteiger partial charge in [-0.2, -0.15) is 0 Å². The summed E-state index contributed by atoms with van der Waals surface area (Å²) in [5.74, 6) is -2.85. The molecule has 0 spiro atoms. The zero-order chi connectivity index (χ0) is 15.3. The predicted molar refractivity (Wildman–Crippen MR) is 71.3 cm³/mol. The molecule has 110 valence electrons. The number of nitrogens with zero attached hydrogens (tertiary/aromatic N) is 1. The minimum absolute atomic E-state index is 0.0160. The van der Waals surface area contributed by atoms with Crippen LogP contribution in [-0.4, -0.2) is 42.1 Å². The zero-order valence-electron chi connectivity index (χ0n) is 11.7. The quantitative estimate of drug-likeness (QED) is 0.867. The summed E-state index contributed by atoms with van der Waals surface area (Å²) in [6.45, 7) is 3.51. The largest absolute Gasteiger partial charge is 0.496 e. The number of carboxylic acid groups (broad SMARTS) is 1. The molecule has 0 saturated carbocycles. The number of methoxy groups -OCH3 is 1. The van der Waals surface area contributed by atoms with Gasteiger partial charge in [-0.1, -0.05) is 13.0 Å². The normalized spacial score (nSPS) is 11.8. The highest BCUT2D eigenvalue weighted by molar-refractivity contribution is 5.97. The highest BCUT2D eigenvalue weighted by Crippen LogP contribution is 2.23. The van der Waals surface area contributed by atoms with Gasteiger partial charge in [-0.05, 0) is 19.1 Å². The van der Waals surface area contributed by atoms with E-state index in [1.54, 1.807) is 6.92 Å². The summed E-state index contributed by atoms with van der Waals surface area (Å²) in [6.07, 6.45) is 0. The molecule has 6 heteroatoms. The van der Waals surface area contributed by atoms with Crippen molar-refractivity contribution in [3.63, 3.8) is 0 Å². The average Bonchev–Trinajstić information content (AvgIpc) is 2.43. The minimum atomic E-state index is -1.00. The molecule has 1 amide bonds. The Labute approximate surface area is 117 Å². The molecule has 0 aliphatic heterocycles. The van der Waals surface area contributed by atoms with Crippen LogP contribution in [0, 0.1) is 11.7 Å². The average molecular weight is 283 g/mol. The smallest absolute Gasteiger partial charge is 0.308 e. The number of aliphatic carboxylic acids is 1. The summed E-state index contributed by atoms with van der Waals surface area (Å²) in [6, 6.07) is 4.11. The lowest BCUT2D eigenvalue weighted by Crippen LogP contribution is -2.37. The van der Waals surface area contributed by atoms with Crippen LogP contribution in [-0.2, 0) is 4.79 Å². The van der Waals surface area contributed by atoms with E-state index in [1.807, 2.05) is 0 Å². The van der Waals surface area contributed by atoms with Gasteiger partial charge in [0.05, 0.1) is 13.0 Å². The molecule has 0 heterocycles. The minimum Gasteiger partial charge on any atom is -0.496 e. The van der Waals surface area contributed by atoms with E-state index in [2.05, 4.69) is 0 Å². The Morgan fingerprint density at radius 2 is 2.10 bits per heavy atom. The molecular weight excluding hydrogens is 265 g/mol. The van der Waals surface area contributed by atoms with E-state index in [-0.39, 0.29) is 24.4 Å². The molecule has 0 fully saturated rings. The first-order valence-corrected chi connectivity index (χ1v) is 6.26. The fourth-order valence-electron chi connectivity index (χ4n) is 1.80. The summed E-state index contributed by atoms with van der Waals surface area (Å²) in [7, 11) is 1.35. The van der Waals surface area contributed by atoms with E-state index in [9.17, 15) is 14.0 Å². The Kier molecular flexibility index (Phi) is 5.49. The van der Waals surface area contributed by atoms with E-state index in [0.29, 0.717) is 0 Å². The van der Waals surface area contributed by atoms with Gasteiger partial charge in [0.1, 0.15) is 17.1 Å². The van der Waals surface area contributed by atoms with Crippen LogP contribution in [0.25, 0.3) is 0 Å². The molecule has 0 aliphatic rings. The summed E-state index contributed by atoms with van der Waals surface area (Å²) in [5.41, 5.74) is -0.172. The van der Waals surface area contributed by atoms with Crippen molar-refractivity contribution in [2.45, 2.75) is 13.8 Å². The monoisotopic (exact) mass is 283 g/mol. The fraction of sp³-hybridized carbons (Fsp3) is 0.429. The maximum absolute atomic E-state index is 13.8. The first-order valence-electron chi connectivity index (χ1n) is 6.26. The highest BCUT2D eigenvalue weighted by atomic mass is 19.1. The Morgan fingerprint density at radius 3 is 2.60 bits per heavy atom. The molecule has 1 rings (SSSR count). The number of ether oxygens (including phenoxy) is 1. The molecule has 1 aromatic carbocycles. The van der Waals surface area contributed by atoms with Crippen molar-refractivity contribution < 1.29 is 23.8 Å². The van der Waals surface area contributed by atoms with Gasteiger partial charge in [0.2, 0.25) is 0 Å². The summed E-state index contributed by atoms with van der Waals surface area (Å²) >= 11 is 0. The number of hydrogen-bond acceptors (Lipinski definition) is 3. The van der Waals surface area contributed by atoms with Gasteiger partial charge in [-0.25, -0.2) is 4.39 Å². The van der Waals surface area contributed by atoms with Gasteiger partial charge in [-0.15, -0.1) is 0 Å². The van der Waals surface area contributed by atoms with Gasteiger partial charge in [0.25, 0.3) is 5.91 Å². The molecule has 1 atom stereocenters. The van der Waals surface area contributed by atoms with Gasteiger partial charge in [0.15, 0.2) is 0 Å². The van der Waals surface area contributed by atoms with Crippen molar-refractivity contribution in [1.82, 2.24) is 4.90 Å². The van der Waals surface area contributed by atoms with Crippen LogP contribution in [0.2, 0.25) is 0 Å². The topological polar surface area (TPSA) is 66.8 Å². The first-order chi connectivity index (χ1) is 9.42. The number of carbonyl (C=O) groups is 2. The van der Waals surface area contributed by atoms with Crippen molar-refractivity contribution in [1.29, 1.82) is 0 Å². The third-order valence-corrected chi connectivity index (χ3v) is 2.99. The third-order valence-electron chi connectivity index (χ3n) is 2.99. The maximum atomic E-state index is 13.8. The van der Waals surface area contributed by atoms with Gasteiger partial charge in [0, 0.05) is 13.1 Å². The van der Waals surface area contributed by atoms with Crippen LogP contribution in [0.5, 0.6) is 5.75 Å². The Hall–Kier alpha value is -2.11. The summed E-state index contributed by atoms with van der Waals surface area (Å²) in [5, 5.41) is 8.90. The molecule has 1 aromatic rings. The number of halogens is 1. The molecule has 0 aromatic heterocycles. The lowest BCUT2D eigenvalue weighted by Gasteiger charge is -2.24. The number of carbonyl (C=O) groups excluding carboxylic acids is 1. The second-order valence-electron chi connectivity index (χ2n) is 4.40. The summed E-state index contributed by atoms with van der Waals surface area (Å²) < 4.78 is 18.8. The van der Waals surface area contributed by atoms with Crippen LogP contribution >= 0.6 is 0 Å². The number of rotatable bonds is 6. The van der Waals surface area contributed by atoms with Crippen molar-refractivity contribution in [2.75, 3.05) is 20.2 Å². The molecule has 1 N–H and O–H groups in total. The highest BCUT2D eigenvalue weighted by Gasteiger charge is 2.25. The molecular formula is C14H18FNO4. The lowest BCUT2D eigenvalue weighted by molar-refractivity contribution is -0.141.